The first-order valence-electron chi connectivity index (χ1n) is 9.37. The van der Waals surface area contributed by atoms with Crippen molar-refractivity contribution < 1.29 is 4.42 Å². The summed E-state index contributed by atoms with van der Waals surface area (Å²) < 4.78 is 6.22. The van der Waals surface area contributed by atoms with Crippen molar-refractivity contribution in [3.05, 3.63) is 59.7 Å². The van der Waals surface area contributed by atoms with Gasteiger partial charge in [0.2, 0.25) is 0 Å². The molecule has 1 heterocycles. The first kappa shape index (κ1) is 16.8. The van der Waals surface area contributed by atoms with Crippen LogP contribution in [0.2, 0.25) is 0 Å². The molecule has 126 valence electrons. The van der Waals surface area contributed by atoms with E-state index in [1.165, 1.54) is 60.6 Å². The number of aryl methyl sites for hydroxylation is 2. The Bertz CT molecular complexity index is 764. The quantitative estimate of drug-likeness (QED) is 0.396. The van der Waals surface area contributed by atoms with Crippen molar-refractivity contribution >= 4 is 11.0 Å². The Morgan fingerprint density at radius 3 is 2.29 bits per heavy atom. The van der Waals surface area contributed by atoms with E-state index in [1.807, 2.05) is 0 Å². The van der Waals surface area contributed by atoms with Crippen molar-refractivity contribution in [2.75, 3.05) is 0 Å². The maximum absolute atomic E-state index is 6.22. The predicted octanol–water partition coefficient (Wildman–Crippen LogP) is 7.31. The van der Waals surface area contributed by atoms with E-state index in [0.717, 1.165) is 17.8 Å². The van der Waals surface area contributed by atoms with E-state index in [-0.39, 0.29) is 0 Å². The summed E-state index contributed by atoms with van der Waals surface area (Å²) in [5, 5.41) is 1.28. The van der Waals surface area contributed by atoms with Crippen LogP contribution in [0.3, 0.4) is 0 Å². The summed E-state index contributed by atoms with van der Waals surface area (Å²) in [4.78, 5) is 0. The zero-order chi connectivity index (χ0) is 16.8. The third-order valence-corrected chi connectivity index (χ3v) is 4.79. The summed E-state index contributed by atoms with van der Waals surface area (Å²) in [6, 6.07) is 17.1. The van der Waals surface area contributed by atoms with Crippen molar-refractivity contribution in [2.24, 2.45) is 0 Å². The zero-order valence-electron chi connectivity index (χ0n) is 15.0. The van der Waals surface area contributed by atoms with Gasteiger partial charge in [0.25, 0.3) is 0 Å². The molecule has 24 heavy (non-hydrogen) atoms. The molecule has 1 nitrogen and oxygen atoms in total. The second kappa shape index (κ2) is 8.19. The Morgan fingerprint density at radius 1 is 0.792 bits per heavy atom. The Hall–Kier alpha value is -2.02. The minimum absolute atomic E-state index is 1.01. The van der Waals surface area contributed by atoms with E-state index in [1.54, 1.807) is 0 Å². The van der Waals surface area contributed by atoms with Crippen molar-refractivity contribution in [3.63, 3.8) is 0 Å². The third kappa shape index (κ3) is 3.90. The normalized spacial score (nSPS) is 11.2. The Kier molecular flexibility index (Phi) is 5.74. The lowest BCUT2D eigenvalue weighted by Gasteiger charge is -2.05. The van der Waals surface area contributed by atoms with Gasteiger partial charge < -0.3 is 4.42 Å². The highest BCUT2D eigenvalue weighted by molar-refractivity contribution is 5.87. The molecule has 0 aliphatic carbocycles. The van der Waals surface area contributed by atoms with E-state index < -0.39 is 0 Å². The number of benzene rings is 2. The van der Waals surface area contributed by atoms with Crippen LogP contribution in [0, 0.1) is 6.92 Å². The molecule has 0 radical (unpaired) electrons. The van der Waals surface area contributed by atoms with Crippen LogP contribution in [0.15, 0.2) is 52.9 Å². The molecule has 3 aromatic rings. The van der Waals surface area contributed by atoms with Crippen LogP contribution in [0.25, 0.3) is 22.3 Å². The summed E-state index contributed by atoms with van der Waals surface area (Å²) in [7, 11) is 0. The van der Waals surface area contributed by atoms with Gasteiger partial charge in [-0.2, -0.15) is 0 Å². The molecule has 2 aromatic carbocycles. The maximum atomic E-state index is 6.22. The molecule has 0 fully saturated rings. The van der Waals surface area contributed by atoms with Gasteiger partial charge >= 0.3 is 0 Å². The summed E-state index contributed by atoms with van der Waals surface area (Å²) >= 11 is 0. The fraction of sp³-hybridized carbons (Fsp3) is 0.391. The summed E-state index contributed by atoms with van der Waals surface area (Å²) in [6.45, 7) is 4.39. The Labute approximate surface area is 145 Å². The van der Waals surface area contributed by atoms with Gasteiger partial charge in [-0.05, 0) is 25.8 Å². The number of para-hydroxylation sites is 1. The molecular formula is C23H28O. The molecule has 0 N–H and O–H groups in total. The summed E-state index contributed by atoms with van der Waals surface area (Å²) in [5.41, 5.74) is 4.86. The van der Waals surface area contributed by atoms with Gasteiger partial charge in [-0.25, -0.2) is 0 Å². The summed E-state index contributed by atoms with van der Waals surface area (Å²) in [6.07, 6.45) is 9.05. The van der Waals surface area contributed by atoms with Gasteiger partial charge in [0.1, 0.15) is 11.3 Å². The molecule has 0 atom stereocenters. The monoisotopic (exact) mass is 320 g/mol. The van der Waals surface area contributed by atoms with E-state index in [2.05, 4.69) is 62.4 Å². The largest absolute Gasteiger partial charge is 0.456 e. The highest BCUT2D eigenvalue weighted by atomic mass is 16.3. The minimum Gasteiger partial charge on any atom is -0.456 e. The lowest BCUT2D eigenvalue weighted by atomic mass is 9.99. The minimum atomic E-state index is 1.01. The van der Waals surface area contributed by atoms with Crippen molar-refractivity contribution in [1.82, 2.24) is 0 Å². The Morgan fingerprint density at radius 2 is 1.50 bits per heavy atom. The predicted molar refractivity (Wildman–Crippen MR) is 103 cm³/mol. The van der Waals surface area contributed by atoms with E-state index in [0.29, 0.717) is 0 Å². The molecular weight excluding hydrogens is 292 g/mol. The average molecular weight is 320 g/mol. The van der Waals surface area contributed by atoms with Gasteiger partial charge in [0.05, 0.1) is 0 Å². The van der Waals surface area contributed by atoms with Gasteiger partial charge in [-0.3, -0.25) is 0 Å². The number of hydrogen-bond donors (Lipinski definition) is 0. The second-order valence-corrected chi connectivity index (χ2v) is 6.79. The molecule has 0 spiro atoms. The van der Waals surface area contributed by atoms with Crippen molar-refractivity contribution in [3.8, 4) is 11.3 Å². The molecule has 3 rings (SSSR count). The van der Waals surface area contributed by atoms with E-state index in [9.17, 15) is 0 Å². The molecule has 0 aliphatic rings. The molecule has 0 unspecified atom stereocenters. The van der Waals surface area contributed by atoms with Crippen LogP contribution in [-0.4, -0.2) is 0 Å². The fourth-order valence-electron chi connectivity index (χ4n) is 3.37. The molecule has 0 amide bonds. The van der Waals surface area contributed by atoms with Crippen LogP contribution in [0.5, 0.6) is 0 Å². The third-order valence-electron chi connectivity index (χ3n) is 4.79. The first-order valence-corrected chi connectivity index (χ1v) is 9.37. The maximum Gasteiger partial charge on any atom is 0.138 e. The first-order chi connectivity index (χ1) is 11.8. The van der Waals surface area contributed by atoms with Crippen LogP contribution in [-0.2, 0) is 6.42 Å². The lowest BCUT2D eigenvalue weighted by molar-refractivity contribution is 0.600. The number of rotatable bonds is 8. The van der Waals surface area contributed by atoms with Crippen LogP contribution in [0.1, 0.15) is 56.6 Å². The second-order valence-electron chi connectivity index (χ2n) is 6.79. The van der Waals surface area contributed by atoms with Gasteiger partial charge in [0, 0.05) is 16.5 Å². The van der Waals surface area contributed by atoms with E-state index >= 15 is 0 Å². The van der Waals surface area contributed by atoms with Crippen molar-refractivity contribution in [2.45, 2.75) is 58.8 Å². The number of unbranched alkanes of at least 4 members (excludes halogenated alkanes) is 5. The number of fused-ring (bicyclic) bond motifs is 1. The van der Waals surface area contributed by atoms with Gasteiger partial charge in [-0.15, -0.1) is 0 Å². The standard InChI is InChI=1S/C23H28O/c1-3-4-5-6-7-8-12-21-20-11-9-10-13-22(20)24-23(21)19-16-14-18(2)15-17-19/h9-11,13-17H,3-8,12H2,1-2H3. The van der Waals surface area contributed by atoms with Crippen LogP contribution in [0.4, 0.5) is 0 Å². The summed E-state index contributed by atoms with van der Waals surface area (Å²) in [5.74, 6) is 1.06. The molecule has 0 saturated heterocycles. The fourth-order valence-corrected chi connectivity index (χ4v) is 3.37. The number of furan rings is 1. The molecule has 0 aliphatic heterocycles. The zero-order valence-corrected chi connectivity index (χ0v) is 15.0. The number of hydrogen-bond acceptors (Lipinski definition) is 1. The lowest BCUT2D eigenvalue weighted by Crippen LogP contribution is -1.89. The van der Waals surface area contributed by atoms with E-state index in [4.69, 9.17) is 4.42 Å². The average Bonchev–Trinajstić information content (AvgIpc) is 2.97. The Balaban J connectivity index is 1.81. The highest BCUT2D eigenvalue weighted by Crippen LogP contribution is 2.34. The van der Waals surface area contributed by atoms with Crippen LogP contribution < -0.4 is 0 Å². The van der Waals surface area contributed by atoms with Gasteiger partial charge in [0.15, 0.2) is 0 Å². The molecule has 1 aromatic heterocycles. The SMILES string of the molecule is CCCCCCCCc1c(-c2ccc(C)cc2)oc2ccccc12. The molecule has 1 heteroatoms. The smallest absolute Gasteiger partial charge is 0.138 e. The molecule has 0 saturated carbocycles. The molecule has 0 bridgehead atoms. The topological polar surface area (TPSA) is 13.1 Å². The van der Waals surface area contributed by atoms with Gasteiger partial charge in [-0.1, -0.05) is 87.1 Å². The highest BCUT2D eigenvalue weighted by Gasteiger charge is 2.15. The van der Waals surface area contributed by atoms with Crippen LogP contribution >= 0.6 is 0 Å². The van der Waals surface area contributed by atoms with Crippen molar-refractivity contribution in [1.29, 1.82) is 0 Å².